The number of rotatable bonds is 7. The molecule has 0 bridgehead atoms. The molecule has 1 aliphatic rings. The third-order valence-electron chi connectivity index (χ3n) is 5.66. The summed E-state index contributed by atoms with van der Waals surface area (Å²) in [6.07, 6.45) is 2.12. The molecule has 0 saturated carbocycles. The van der Waals surface area contributed by atoms with Gasteiger partial charge in [-0.2, -0.15) is 0 Å². The van der Waals surface area contributed by atoms with Gasteiger partial charge < -0.3 is 20.6 Å². The summed E-state index contributed by atoms with van der Waals surface area (Å²) in [5.74, 6) is 1.26. The second-order valence-electron chi connectivity index (χ2n) is 7.89. The van der Waals surface area contributed by atoms with Crippen LogP contribution < -0.4 is 15.5 Å². The fourth-order valence-electron chi connectivity index (χ4n) is 3.72. The molecular formula is C24H33ClN4O. The van der Waals surface area contributed by atoms with E-state index in [1.165, 1.54) is 16.8 Å². The fraction of sp³-hybridized carbons (Fsp3) is 0.458. The second-order valence-corrected chi connectivity index (χ2v) is 8.33. The molecule has 5 nitrogen and oxygen atoms in total. The predicted octanol–water partition coefficient (Wildman–Crippen LogP) is 4.37. The first-order valence-corrected chi connectivity index (χ1v) is 11.2. The minimum absolute atomic E-state index is 0.129. The summed E-state index contributed by atoms with van der Waals surface area (Å²) >= 11 is 5.99. The van der Waals surface area contributed by atoms with Crippen molar-refractivity contribution < 1.29 is 5.11 Å². The van der Waals surface area contributed by atoms with E-state index >= 15 is 0 Å². The first kappa shape index (κ1) is 22.4. The molecule has 1 unspecified atom stereocenters. The van der Waals surface area contributed by atoms with E-state index in [4.69, 9.17) is 16.6 Å². The quantitative estimate of drug-likeness (QED) is 0.453. The largest absolute Gasteiger partial charge is 0.396 e. The van der Waals surface area contributed by atoms with E-state index in [-0.39, 0.29) is 6.04 Å². The summed E-state index contributed by atoms with van der Waals surface area (Å²) in [6, 6.07) is 16.7. The van der Waals surface area contributed by atoms with Crippen LogP contribution in [0.2, 0.25) is 5.02 Å². The number of aliphatic hydroxyl groups is 1. The number of aliphatic imine (C=N–C) groups is 1. The van der Waals surface area contributed by atoms with Crippen molar-refractivity contribution >= 4 is 23.2 Å². The minimum Gasteiger partial charge on any atom is -0.396 e. The Hall–Kier alpha value is -2.24. The second kappa shape index (κ2) is 11.2. The van der Waals surface area contributed by atoms with Crippen molar-refractivity contribution in [3.05, 3.63) is 64.7 Å². The molecule has 1 heterocycles. The summed E-state index contributed by atoms with van der Waals surface area (Å²) in [7, 11) is 0. The number of anilines is 1. The SMILES string of the molecule is CCNC(=NCc1ccc(N2CCC(CO)CC2)cc1)NC(C)c1ccc(Cl)cc1. The maximum Gasteiger partial charge on any atom is 0.192 e. The molecule has 162 valence electrons. The van der Waals surface area contributed by atoms with Crippen LogP contribution in [0.4, 0.5) is 5.69 Å². The smallest absolute Gasteiger partial charge is 0.192 e. The molecule has 6 heteroatoms. The Morgan fingerprint density at radius 1 is 1.13 bits per heavy atom. The van der Waals surface area contributed by atoms with E-state index in [1.807, 2.05) is 24.3 Å². The fourth-order valence-corrected chi connectivity index (χ4v) is 3.84. The van der Waals surface area contributed by atoms with Gasteiger partial charge in [-0.05, 0) is 68.0 Å². The molecule has 1 aliphatic heterocycles. The van der Waals surface area contributed by atoms with E-state index in [9.17, 15) is 5.11 Å². The van der Waals surface area contributed by atoms with Crippen LogP contribution in [0, 0.1) is 5.92 Å². The Labute approximate surface area is 185 Å². The predicted molar refractivity (Wildman–Crippen MR) is 126 cm³/mol. The first-order chi connectivity index (χ1) is 14.6. The summed E-state index contributed by atoms with van der Waals surface area (Å²) in [5.41, 5.74) is 3.60. The van der Waals surface area contributed by atoms with Gasteiger partial charge in [-0.25, -0.2) is 4.99 Å². The number of aliphatic hydroxyl groups excluding tert-OH is 1. The van der Waals surface area contributed by atoms with Gasteiger partial charge in [0.05, 0.1) is 12.6 Å². The number of hydrogen-bond donors (Lipinski definition) is 3. The zero-order valence-corrected chi connectivity index (χ0v) is 18.7. The van der Waals surface area contributed by atoms with Crippen LogP contribution in [0.3, 0.4) is 0 Å². The van der Waals surface area contributed by atoms with Crippen molar-refractivity contribution in [3.63, 3.8) is 0 Å². The zero-order valence-electron chi connectivity index (χ0n) is 17.9. The molecule has 0 radical (unpaired) electrons. The van der Waals surface area contributed by atoms with Crippen LogP contribution in [0.15, 0.2) is 53.5 Å². The number of nitrogens with zero attached hydrogens (tertiary/aromatic N) is 2. The Kier molecular flexibility index (Phi) is 8.40. The molecule has 0 amide bonds. The molecule has 0 aromatic heterocycles. The van der Waals surface area contributed by atoms with E-state index in [2.05, 4.69) is 53.6 Å². The molecule has 0 aliphatic carbocycles. The molecule has 0 spiro atoms. The summed E-state index contributed by atoms with van der Waals surface area (Å²) < 4.78 is 0. The maximum absolute atomic E-state index is 9.31. The van der Waals surface area contributed by atoms with E-state index in [0.29, 0.717) is 19.1 Å². The molecule has 2 aromatic rings. The van der Waals surface area contributed by atoms with Crippen LogP contribution in [-0.2, 0) is 6.54 Å². The molecule has 2 aromatic carbocycles. The lowest BCUT2D eigenvalue weighted by atomic mass is 9.97. The molecule has 1 atom stereocenters. The number of nitrogens with one attached hydrogen (secondary N) is 2. The Balaban J connectivity index is 1.58. The van der Waals surface area contributed by atoms with E-state index in [1.54, 1.807) is 0 Å². The van der Waals surface area contributed by atoms with Crippen molar-refractivity contribution in [3.8, 4) is 0 Å². The highest BCUT2D eigenvalue weighted by atomic mass is 35.5. The molecule has 1 saturated heterocycles. The molecule has 1 fully saturated rings. The van der Waals surface area contributed by atoms with Crippen LogP contribution in [0.25, 0.3) is 0 Å². The van der Waals surface area contributed by atoms with Gasteiger partial charge in [-0.15, -0.1) is 0 Å². The standard InChI is InChI=1S/C24H33ClN4O/c1-3-26-24(28-18(2)21-6-8-22(25)9-7-21)27-16-19-4-10-23(11-5-19)29-14-12-20(17-30)13-15-29/h4-11,18,20,30H,3,12-17H2,1-2H3,(H2,26,27,28). The highest BCUT2D eigenvalue weighted by Gasteiger charge is 2.18. The average molecular weight is 429 g/mol. The monoisotopic (exact) mass is 428 g/mol. The number of benzene rings is 2. The molecule has 3 rings (SSSR count). The third-order valence-corrected chi connectivity index (χ3v) is 5.91. The number of piperidine rings is 1. The summed E-state index contributed by atoms with van der Waals surface area (Å²) in [6.45, 7) is 7.95. The van der Waals surface area contributed by atoms with Crippen molar-refractivity contribution in [2.45, 2.75) is 39.3 Å². The molecular weight excluding hydrogens is 396 g/mol. The van der Waals surface area contributed by atoms with Gasteiger partial charge in [0.2, 0.25) is 0 Å². The Morgan fingerprint density at radius 2 is 1.80 bits per heavy atom. The van der Waals surface area contributed by atoms with Crippen LogP contribution in [-0.4, -0.2) is 37.3 Å². The van der Waals surface area contributed by atoms with E-state index in [0.717, 1.165) is 43.5 Å². The first-order valence-electron chi connectivity index (χ1n) is 10.8. The number of hydrogen-bond acceptors (Lipinski definition) is 3. The lowest BCUT2D eigenvalue weighted by Crippen LogP contribution is -2.38. The summed E-state index contributed by atoms with van der Waals surface area (Å²) in [4.78, 5) is 7.16. The van der Waals surface area contributed by atoms with Crippen molar-refractivity contribution in [1.82, 2.24) is 10.6 Å². The molecule has 30 heavy (non-hydrogen) atoms. The van der Waals surface area contributed by atoms with Gasteiger partial charge in [-0.1, -0.05) is 35.9 Å². The van der Waals surface area contributed by atoms with Crippen LogP contribution in [0.5, 0.6) is 0 Å². The Morgan fingerprint density at radius 3 is 2.40 bits per heavy atom. The minimum atomic E-state index is 0.129. The number of halogens is 1. The summed E-state index contributed by atoms with van der Waals surface area (Å²) in [5, 5.41) is 16.8. The maximum atomic E-state index is 9.31. The van der Waals surface area contributed by atoms with Gasteiger partial charge in [0.15, 0.2) is 5.96 Å². The van der Waals surface area contributed by atoms with Crippen LogP contribution >= 0.6 is 11.6 Å². The van der Waals surface area contributed by atoms with E-state index < -0.39 is 0 Å². The van der Waals surface area contributed by atoms with Crippen molar-refractivity contribution in [2.24, 2.45) is 10.9 Å². The van der Waals surface area contributed by atoms with Gasteiger partial charge in [0.25, 0.3) is 0 Å². The van der Waals surface area contributed by atoms with Gasteiger partial charge in [0, 0.05) is 37.0 Å². The lowest BCUT2D eigenvalue weighted by molar-refractivity contribution is 0.203. The average Bonchev–Trinajstić information content (AvgIpc) is 2.78. The normalized spacial score (nSPS) is 16.4. The van der Waals surface area contributed by atoms with Crippen molar-refractivity contribution in [2.75, 3.05) is 31.1 Å². The third kappa shape index (κ3) is 6.38. The highest BCUT2D eigenvalue weighted by Crippen LogP contribution is 2.23. The lowest BCUT2D eigenvalue weighted by Gasteiger charge is -2.32. The topological polar surface area (TPSA) is 59.9 Å². The van der Waals surface area contributed by atoms with Gasteiger partial charge in [-0.3, -0.25) is 0 Å². The van der Waals surface area contributed by atoms with Gasteiger partial charge in [0.1, 0.15) is 0 Å². The van der Waals surface area contributed by atoms with Crippen molar-refractivity contribution in [1.29, 1.82) is 0 Å². The molecule has 3 N–H and O–H groups in total. The van der Waals surface area contributed by atoms with Crippen LogP contribution in [0.1, 0.15) is 43.9 Å². The Bertz CT molecular complexity index is 799. The highest BCUT2D eigenvalue weighted by molar-refractivity contribution is 6.30. The zero-order chi connectivity index (χ0) is 21.3. The van der Waals surface area contributed by atoms with Gasteiger partial charge >= 0.3 is 0 Å². The number of guanidine groups is 1.